The first-order valence-corrected chi connectivity index (χ1v) is 9.29. The van der Waals surface area contributed by atoms with Crippen LogP contribution in [0.1, 0.15) is 18.9 Å². The van der Waals surface area contributed by atoms with Crippen LogP contribution in [0.2, 0.25) is 0 Å². The standard InChI is InChI=1S/C19H24F3N3O3/c1-12-16(7-8-24(12)9-13-5-3-2-4-6-13)23-18(28)25-10-14(17(26)27)15(11-25)19(20,21)22/h2-6,12,14-16H,7-11H2,1H3,(H,23,28)(H,26,27)/t12?,14-,15-,16?/m1/s1. The van der Waals surface area contributed by atoms with Gasteiger partial charge < -0.3 is 15.3 Å². The lowest BCUT2D eigenvalue weighted by Crippen LogP contribution is -2.48. The molecular formula is C19H24F3N3O3. The minimum atomic E-state index is -4.65. The first-order valence-electron chi connectivity index (χ1n) is 9.29. The van der Waals surface area contributed by atoms with Crippen molar-refractivity contribution < 1.29 is 27.9 Å². The molecule has 0 aliphatic carbocycles. The molecule has 2 saturated heterocycles. The maximum absolute atomic E-state index is 13.1. The van der Waals surface area contributed by atoms with Crippen molar-refractivity contribution in [3.8, 4) is 0 Å². The number of hydrogen-bond acceptors (Lipinski definition) is 3. The Morgan fingerprint density at radius 2 is 1.89 bits per heavy atom. The van der Waals surface area contributed by atoms with Crippen LogP contribution in [0.15, 0.2) is 30.3 Å². The van der Waals surface area contributed by atoms with Crippen molar-refractivity contribution in [2.45, 2.75) is 38.1 Å². The van der Waals surface area contributed by atoms with Crippen LogP contribution < -0.4 is 5.32 Å². The highest BCUT2D eigenvalue weighted by molar-refractivity contribution is 5.78. The number of carboxylic acids is 1. The highest BCUT2D eigenvalue weighted by atomic mass is 19.4. The Kier molecular flexibility index (Phi) is 5.83. The van der Waals surface area contributed by atoms with Gasteiger partial charge >= 0.3 is 18.2 Å². The van der Waals surface area contributed by atoms with E-state index in [1.54, 1.807) is 0 Å². The summed E-state index contributed by atoms with van der Waals surface area (Å²) in [6.07, 6.45) is -3.95. The summed E-state index contributed by atoms with van der Waals surface area (Å²) in [7, 11) is 0. The first kappa shape index (κ1) is 20.4. The molecule has 4 atom stereocenters. The lowest BCUT2D eigenvalue weighted by molar-refractivity contribution is -0.187. The van der Waals surface area contributed by atoms with Gasteiger partial charge in [-0.05, 0) is 18.9 Å². The van der Waals surface area contributed by atoms with Crippen LogP contribution in [0.5, 0.6) is 0 Å². The lowest BCUT2D eigenvalue weighted by atomic mass is 9.96. The summed E-state index contributed by atoms with van der Waals surface area (Å²) in [6.45, 7) is 2.42. The number of amides is 2. The average Bonchev–Trinajstić information content (AvgIpc) is 3.22. The number of aliphatic carboxylic acids is 1. The first-order chi connectivity index (χ1) is 13.2. The Labute approximate surface area is 161 Å². The van der Waals surface area contributed by atoms with Crippen LogP contribution in [0.25, 0.3) is 0 Å². The Morgan fingerprint density at radius 3 is 2.46 bits per heavy atom. The van der Waals surface area contributed by atoms with E-state index in [4.69, 9.17) is 5.11 Å². The van der Waals surface area contributed by atoms with Gasteiger partial charge in [-0.15, -0.1) is 0 Å². The second kappa shape index (κ2) is 7.98. The van der Waals surface area contributed by atoms with Gasteiger partial charge in [0.05, 0.1) is 11.8 Å². The predicted octanol–water partition coefficient (Wildman–Crippen LogP) is 2.55. The summed E-state index contributed by atoms with van der Waals surface area (Å²) >= 11 is 0. The molecule has 0 radical (unpaired) electrons. The van der Waals surface area contributed by atoms with Crippen LogP contribution in [0.4, 0.5) is 18.0 Å². The predicted molar refractivity (Wildman–Crippen MR) is 95.5 cm³/mol. The number of carboxylic acid groups (broad SMARTS) is 1. The normalized spacial score (nSPS) is 28.5. The second-order valence-electron chi connectivity index (χ2n) is 7.54. The van der Waals surface area contributed by atoms with Gasteiger partial charge in [0.25, 0.3) is 0 Å². The van der Waals surface area contributed by atoms with E-state index in [1.807, 2.05) is 37.3 Å². The zero-order chi connectivity index (χ0) is 20.5. The molecule has 2 unspecified atom stereocenters. The number of alkyl halides is 3. The van der Waals surface area contributed by atoms with Crippen molar-refractivity contribution in [3.05, 3.63) is 35.9 Å². The molecular weight excluding hydrogens is 375 g/mol. The summed E-state index contributed by atoms with van der Waals surface area (Å²) in [5.74, 6) is -5.19. The molecule has 0 saturated carbocycles. The van der Waals surface area contributed by atoms with Gasteiger partial charge in [0, 0.05) is 38.3 Å². The third-order valence-corrected chi connectivity index (χ3v) is 5.77. The van der Waals surface area contributed by atoms with E-state index in [2.05, 4.69) is 10.2 Å². The van der Waals surface area contributed by atoms with E-state index in [-0.39, 0.29) is 12.1 Å². The summed E-state index contributed by atoms with van der Waals surface area (Å²) < 4.78 is 39.3. The SMILES string of the molecule is CC1C(NC(=O)N2C[C@@H](C(F)(F)F)[C@H](C(=O)O)C2)CCN1Cc1ccccc1. The maximum Gasteiger partial charge on any atom is 0.394 e. The van der Waals surface area contributed by atoms with Gasteiger partial charge in [0.15, 0.2) is 0 Å². The fourth-order valence-electron chi connectivity index (χ4n) is 4.04. The monoisotopic (exact) mass is 399 g/mol. The molecule has 2 aliphatic rings. The summed E-state index contributed by atoms with van der Waals surface area (Å²) in [6, 6.07) is 9.10. The van der Waals surface area contributed by atoms with Gasteiger partial charge in [-0.3, -0.25) is 9.69 Å². The minimum absolute atomic E-state index is 0.0282. The topological polar surface area (TPSA) is 72.9 Å². The van der Waals surface area contributed by atoms with Crippen LogP contribution >= 0.6 is 0 Å². The fraction of sp³-hybridized carbons (Fsp3) is 0.579. The summed E-state index contributed by atoms with van der Waals surface area (Å²) in [5.41, 5.74) is 1.15. The largest absolute Gasteiger partial charge is 0.481 e. The molecule has 154 valence electrons. The molecule has 3 rings (SSSR count). The number of rotatable bonds is 4. The van der Waals surface area contributed by atoms with Gasteiger partial charge in [0.2, 0.25) is 0 Å². The van der Waals surface area contributed by atoms with Gasteiger partial charge in [-0.1, -0.05) is 30.3 Å². The molecule has 1 aromatic carbocycles. The Bertz CT molecular complexity index is 713. The molecule has 2 fully saturated rings. The molecule has 28 heavy (non-hydrogen) atoms. The summed E-state index contributed by atoms with van der Waals surface area (Å²) in [5, 5.41) is 11.9. The summed E-state index contributed by atoms with van der Waals surface area (Å²) in [4.78, 5) is 26.9. The van der Waals surface area contributed by atoms with Crippen molar-refractivity contribution >= 4 is 12.0 Å². The van der Waals surface area contributed by atoms with Gasteiger partial charge in [0.1, 0.15) is 0 Å². The number of benzene rings is 1. The van der Waals surface area contributed by atoms with Crippen LogP contribution in [0.3, 0.4) is 0 Å². The Morgan fingerprint density at radius 1 is 1.21 bits per heavy atom. The molecule has 2 heterocycles. The molecule has 0 aromatic heterocycles. The van der Waals surface area contributed by atoms with E-state index < -0.39 is 43.1 Å². The third-order valence-electron chi connectivity index (χ3n) is 5.77. The number of nitrogens with zero attached hydrogens (tertiary/aromatic N) is 2. The molecule has 2 N–H and O–H groups in total. The number of nitrogens with one attached hydrogen (secondary N) is 1. The molecule has 9 heteroatoms. The van der Waals surface area contributed by atoms with Crippen molar-refractivity contribution in [2.75, 3.05) is 19.6 Å². The molecule has 1 aromatic rings. The number of halogens is 3. The van der Waals surface area contributed by atoms with E-state index in [9.17, 15) is 22.8 Å². The van der Waals surface area contributed by atoms with Crippen molar-refractivity contribution in [1.82, 2.24) is 15.1 Å². The third kappa shape index (κ3) is 4.40. The highest BCUT2D eigenvalue weighted by Gasteiger charge is 2.53. The highest BCUT2D eigenvalue weighted by Crippen LogP contribution is 2.37. The van der Waals surface area contributed by atoms with Crippen LogP contribution in [-0.4, -0.2) is 64.8 Å². The molecule has 0 spiro atoms. The molecule has 2 amide bonds. The molecule has 6 nitrogen and oxygen atoms in total. The van der Waals surface area contributed by atoms with E-state index in [0.29, 0.717) is 6.42 Å². The molecule has 2 aliphatic heterocycles. The van der Waals surface area contributed by atoms with Gasteiger partial charge in [-0.2, -0.15) is 13.2 Å². The Balaban J connectivity index is 1.58. The zero-order valence-corrected chi connectivity index (χ0v) is 15.5. The van der Waals surface area contributed by atoms with Crippen LogP contribution in [-0.2, 0) is 11.3 Å². The number of hydrogen-bond donors (Lipinski definition) is 2. The van der Waals surface area contributed by atoms with Crippen molar-refractivity contribution in [1.29, 1.82) is 0 Å². The maximum atomic E-state index is 13.1. The number of carbonyl (C=O) groups excluding carboxylic acids is 1. The fourth-order valence-corrected chi connectivity index (χ4v) is 4.04. The van der Waals surface area contributed by atoms with Gasteiger partial charge in [-0.25, -0.2) is 4.79 Å². The van der Waals surface area contributed by atoms with E-state index >= 15 is 0 Å². The lowest BCUT2D eigenvalue weighted by Gasteiger charge is -2.27. The number of urea groups is 1. The Hall–Kier alpha value is -2.29. The van der Waals surface area contributed by atoms with E-state index in [1.165, 1.54) is 0 Å². The van der Waals surface area contributed by atoms with E-state index in [0.717, 1.165) is 23.6 Å². The number of carbonyl (C=O) groups is 2. The van der Waals surface area contributed by atoms with Crippen LogP contribution in [0, 0.1) is 11.8 Å². The van der Waals surface area contributed by atoms with Crippen molar-refractivity contribution in [2.24, 2.45) is 11.8 Å². The average molecular weight is 399 g/mol. The van der Waals surface area contributed by atoms with Crippen molar-refractivity contribution in [3.63, 3.8) is 0 Å². The molecule has 0 bridgehead atoms. The zero-order valence-electron chi connectivity index (χ0n) is 15.5. The second-order valence-corrected chi connectivity index (χ2v) is 7.54. The number of likely N-dealkylation sites (tertiary alicyclic amines) is 2. The smallest absolute Gasteiger partial charge is 0.394 e. The quantitative estimate of drug-likeness (QED) is 0.816. The minimum Gasteiger partial charge on any atom is -0.481 e.